The molecule has 1 aliphatic heterocycles. The molecule has 1 unspecified atom stereocenters. The Hall–Kier alpha value is -1.00. The molecule has 92 valence electrons. The highest BCUT2D eigenvalue weighted by Gasteiger charge is 2.21. The van der Waals surface area contributed by atoms with E-state index >= 15 is 0 Å². The molecule has 1 atom stereocenters. The molecule has 1 fully saturated rings. The molecule has 1 aliphatic rings. The Kier molecular flexibility index (Phi) is 4.88. The van der Waals surface area contributed by atoms with E-state index in [1.165, 1.54) is 5.56 Å². The second-order valence-corrected chi connectivity index (χ2v) is 5.18. The third-order valence-electron chi connectivity index (χ3n) is 2.82. The van der Waals surface area contributed by atoms with Crippen molar-refractivity contribution >= 4 is 17.7 Å². The molecule has 17 heavy (non-hydrogen) atoms. The average molecular weight is 250 g/mol. The summed E-state index contributed by atoms with van der Waals surface area (Å²) in [5, 5.41) is 6.15. The summed E-state index contributed by atoms with van der Waals surface area (Å²) in [6.45, 7) is 0.760. The summed E-state index contributed by atoms with van der Waals surface area (Å²) in [4.78, 5) is 11.7. The van der Waals surface area contributed by atoms with Crippen LogP contribution in [0.5, 0.6) is 0 Å². The van der Waals surface area contributed by atoms with Crippen LogP contribution in [0.2, 0.25) is 0 Å². The van der Waals surface area contributed by atoms with Crippen LogP contribution in [0.1, 0.15) is 12.0 Å². The van der Waals surface area contributed by atoms with E-state index in [1.807, 2.05) is 18.2 Å². The molecule has 3 nitrogen and oxygen atoms in total. The summed E-state index contributed by atoms with van der Waals surface area (Å²) in [7, 11) is 0. The molecule has 0 bridgehead atoms. The van der Waals surface area contributed by atoms with Crippen molar-refractivity contribution in [2.24, 2.45) is 0 Å². The average Bonchev–Trinajstić information content (AvgIpc) is 2.89. The predicted octanol–water partition coefficient (Wildman–Crippen LogP) is 1.40. The van der Waals surface area contributed by atoms with E-state index in [4.69, 9.17) is 0 Å². The van der Waals surface area contributed by atoms with Crippen LogP contribution in [0, 0.1) is 0 Å². The van der Waals surface area contributed by atoms with Gasteiger partial charge >= 0.3 is 0 Å². The van der Waals surface area contributed by atoms with Gasteiger partial charge in [-0.25, -0.2) is 0 Å². The Morgan fingerprint density at radius 1 is 1.41 bits per heavy atom. The van der Waals surface area contributed by atoms with Gasteiger partial charge in [-0.3, -0.25) is 10.1 Å². The van der Waals surface area contributed by atoms with Crippen LogP contribution in [-0.4, -0.2) is 30.1 Å². The maximum atomic E-state index is 11.7. The molecule has 1 aromatic carbocycles. The van der Waals surface area contributed by atoms with Gasteiger partial charge in [0.1, 0.15) is 0 Å². The first-order valence-corrected chi connectivity index (χ1v) is 7.14. The molecule has 1 heterocycles. The Morgan fingerprint density at radius 3 is 2.94 bits per heavy atom. The molecule has 0 radical (unpaired) electrons. The Morgan fingerprint density at radius 2 is 2.24 bits per heavy atom. The number of carbonyl (C=O) groups is 1. The molecule has 4 heteroatoms. The van der Waals surface area contributed by atoms with Crippen molar-refractivity contribution in [3.8, 4) is 0 Å². The fraction of sp³-hybridized carbons (Fsp3) is 0.462. The van der Waals surface area contributed by atoms with Crippen molar-refractivity contribution in [3.05, 3.63) is 35.9 Å². The number of hydrogen-bond acceptors (Lipinski definition) is 3. The maximum absolute atomic E-state index is 11.7. The molecule has 1 amide bonds. The molecular formula is C13H18N2OS. The van der Waals surface area contributed by atoms with Crippen LogP contribution in [0.3, 0.4) is 0 Å². The number of aryl methyl sites for hydroxylation is 1. The van der Waals surface area contributed by atoms with Crippen LogP contribution in [0.4, 0.5) is 0 Å². The van der Waals surface area contributed by atoms with Gasteiger partial charge in [-0.1, -0.05) is 30.3 Å². The zero-order valence-electron chi connectivity index (χ0n) is 9.82. The smallest absolute Gasteiger partial charge is 0.238 e. The van der Waals surface area contributed by atoms with E-state index in [1.54, 1.807) is 11.8 Å². The first-order chi connectivity index (χ1) is 8.36. The number of rotatable bonds is 5. The Bertz CT molecular complexity index is 350. The summed E-state index contributed by atoms with van der Waals surface area (Å²) in [5.41, 5.74) is 1.33. The van der Waals surface area contributed by atoms with Gasteiger partial charge in [0, 0.05) is 18.2 Å². The zero-order valence-corrected chi connectivity index (χ0v) is 10.6. The Balaban J connectivity index is 1.61. The number of thioether (sulfide) groups is 1. The lowest BCUT2D eigenvalue weighted by atomic mass is 10.1. The topological polar surface area (TPSA) is 41.1 Å². The SMILES string of the molecule is O=C(NCCCc1ccccc1)C1CSCN1. The maximum Gasteiger partial charge on any atom is 0.238 e. The van der Waals surface area contributed by atoms with Gasteiger partial charge in [-0.05, 0) is 18.4 Å². The van der Waals surface area contributed by atoms with Gasteiger partial charge in [-0.2, -0.15) is 0 Å². The largest absolute Gasteiger partial charge is 0.355 e. The summed E-state index contributed by atoms with van der Waals surface area (Å²) in [6, 6.07) is 10.4. The lowest BCUT2D eigenvalue weighted by molar-refractivity contribution is -0.122. The van der Waals surface area contributed by atoms with E-state index in [-0.39, 0.29) is 11.9 Å². The van der Waals surface area contributed by atoms with Crippen LogP contribution in [0.15, 0.2) is 30.3 Å². The number of hydrogen-bond donors (Lipinski definition) is 2. The molecule has 2 rings (SSSR count). The highest BCUT2D eigenvalue weighted by molar-refractivity contribution is 7.99. The molecule has 0 aliphatic carbocycles. The summed E-state index contributed by atoms with van der Waals surface area (Å²) in [5.74, 6) is 1.93. The van der Waals surface area contributed by atoms with E-state index in [0.29, 0.717) is 0 Å². The lowest BCUT2D eigenvalue weighted by Gasteiger charge is -2.10. The lowest BCUT2D eigenvalue weighted by Crippen LogP contribution is -2.42. The molecule has 1 saturated heterocycles. The van der Waals surface area contributed by atoms with Crippen molar-refractivity contribution in [2.75, 3.05) is 18.2 Å². The van der Waals surface area contributed by atoms with Crippen molar-refractivity contribution in [1.82, 2.24) is 10.6 Å². The van der Waals surface area contributed by atoms with Crippen molar-refractivity contribution in [2.45, 2.75) is 18.9 Å². The van der Waals surface area contributed by atoms with E-state index in [0.717, 1.165) is 31.0 Å². The number of nitrogens with one attached hydrogen (secondary N) is 2. The standard InChI is InChI=1S/C13H18N2OS/c16-13(12-9-17-10-15-12)14-8-4-7-11-5-2-1-3-6-11/h1-3,5-6,12,15H,4,7-10H2,(H,14,16). The van der Waals surface area contributed by atoms with Gasteiger partial charge in [0.2, 0.25) is 5.91 Å². The van der Waals surface area contributed by atoms with Crippen LogP contribution < -0.4 is 10.6 Å². The van der Waals surface area contributed by atoms with Gasteiger partial charge in [0.15, 0.2) is 0 Å². The molecule has 0 aromatic heterocycles. The normalized spacial score (nSPS) is 19.2. The minimum atomic E-state index is 0.0109. The minimum Gasteiger partial charge on any atom is -0.355 e. The highest BCUT2D eigenvalue weighted by atomic mass is 32.2. The van der Waals surface area contributed by atoms with E-state index in [2.05, 4.69) is 22.8 Å². The molecule has 0 spiro atoms. The molecular weight excluding hydrogens is 232 g/mol. The predicted molar refractivity (Wildman–Crippen MR) is 72.0 cm³/mol. The molecule has 2 N–H and O–H groups in total. The van der Waals surface area contributed by atoms with Crippen molar-refractivity contribution in [1.29, 1.82) is 0 Å². The Labute approximate surface area is 106 Å². The van der Waals surface area contributed by atoms with Gasteiger partial charge < -0.3 is 5.32 Å². The first-order valence-electron chi connectivity index (χ1n) is 5.99. The highest BCUT2D eigenvalue weighted by Crippen LogP contribution is 2.09. The number of benzene rings is 1. The zero-order chi connectivity index (χ0) is 11.9. The van der Waals surface area contributed by atoms with Crippen LogP contribution >= 0.6 is 11.8 Å². The summed E-state index contributed by atoms with van der Waals surface area (Å²) >= 11 is 1.77. The van der Waals surface area contributed by atoms with Gasteiger partial charge in [0.05, 0.1) is 6.04 Å². The van der Waals surface area contributed by atoms with Gasteiger partial charge in [0.25, 0.3) is 0 Å². The summed E-state index contributed by atoms with van der Waals surface area (Å²) in [6.07, 6.45) is 2.02. The van der Waals surface area contributed by atoms with Gasteiger partial charge in [-0.15, -0.1) is 11.8 Å². The second kappa shape index (κ2) is 6.67. The van der Waals surface area contributed by atoms with E-state index < -0.39 is 0 Å². The fourth-order valence-corrected chi connectivity index (χ4v) is 2.78. The van der Waals surface area contributed by atoms with Crippen molar-refractivity contribution < 1.29 is 4.79 Å². The van der Waals surface area contributed by atoms with E-state index in [9.17, 15) is 4.79 Å². The van der Waals surface area contributed by atoms with Crippen LogP contribution in [-0.2, 0) is 11.2 Å². The number of amides is 1. The quantitative estimate of drug-likeness (QED) is 0.776. The number of carbonyl (C=O) groups excluding carboxylic acids is 1. The summed E-state index contributed by atoms with van der Waals surface area (Å²) < 4.78 is 0. The molecule has 0 saturated carbocycles. The first kappa shape index (κ1) is 12.5. The monoisotopic (exact) mass is 250 g/mol. The minimum absolute atomic E-state index is 0.0109. The van der Waals surface area contributed by atoms with Crippen LogP contribution in [0.25, 0.3) is 0 Å². The molecule has 1 aromatic rings. The third kappa shape index (κ3) is 4.06. The third-order valence-corrected chi connectivity index (χ3v) is 3.76. The van der Waals surface area contributed by atoms with Crippen molar-refractivity contribution in [3.63, 3.8) is 0 Å². The fourth-order valence-electron chi connectivity index (χ4n) is 1.84. The second-order valence-electron chi connectivity index (χ2n) is 4.15.